The van der Waals surface area contributed by atoms with Crippen molar-refractivity contribution in [1.29, 1.82) is 0 Å². The van der Waals surface area contributed by atoms with Crippen molar-refractivity contribution in [2.45, 2.75) is 37.0 Å². The summed E-state index contributed by atoms with van der Waals surface area (Å²) in [7, 11) is 0. The Kier molecular flexibility index (Phi) is 6.86. The van der Waals surface area contributed by atoms with Gasteiger partial charge in [-0.3, -0.25) is 0 Å². The molecule has 0 spiro atoms. The van der Waals surface area contributed by atoms with E-state index in [1.807, 2.05) is 23.5 Å². The van der Waals surface area contributed by atoms with Crippen LogP contribution in [0, 0.1) is 6.92 Å². The van der Waals surface area contributed by atoms with Gasteiger partial charge in [0, 0.05) is 5.25 Å². The predicted molar refractivity (Wildman–Crippen MR) is 54.6 cm³/mol. The Hall–Kier alpha value is 0.700. The molecule has 2 heteroatoms. The van der Waals surface area contributed by atoms with Gasteiger partial charge < -0.3 is 0 Å². The number of rotatable bonds is 5. The maximum atomic E-state index is 4.04. The molecular weight excluding hydrogens is 160 g/mol. The molecule has 61 valence electrons. The Bertz CT molecular complexity index is 71.7. The highest BCUT2D eigenvalue weighted by Crippen LogP contribution is 2.26. The van der Waals surface area contributed by atoms with Crippen molar-refractivity contribution < 1.29 is 0 Å². The van der Waals surface area contributed by atoms with E-state index in [0.29, 0.717) is 9.83 Å². The predicted octanol–water partition coefficient (Wildman–Crippen LogP) is 3.43. The van der Waals surface area contributed by atoms with Crippen LogP contribution in [0.25, 0.3) is 0 Å². The quantitative estimate of drug-likeness (QED) is 0.590. The molecule has 0 nitrogen and oxygen atoms in total. The molecule has 0 fully saturated rings. The zero-order valence-electron chi connectivity index (χ0n) is 7.09. The van der Waals surface area contributed by atoms with Gasteiger partial charge in [0.1, 0.15) is 0 Å². The summed E-state index contributed by atoms with van der Waals surface area (Å²) in [6.07, 6.45) is 1.26. The SMILES string of the molecule is [CH2]C(SCCC)SC(C)C. The molecular formula is C8H17S2. The average molecular weight is 177 g/mol. The minimum absolute atomic E-state index is 0.528. The van der Waals surface area contributed by atoms with Crippen molar-refractivity contribution in [3.05, 3.63) is 6.92 Å². The molecule has 1 atom stereocenters. The van der Waals surface area contributed by atoms with Crippen LogP contribution in [0.1, 0.15) is 27.2 Å². The van der Waals surface area contributed by atoms with Crippen molar-refractivity contribution >= 4 is 23.5 Å². The molecule has 0 bridgehead atoms. The molecule has 0 rings (SSSR count). The maximum Gasteiger partial charge on any atom is 0.0505 e. The normalized spacial score (nSPS) is 14.1. The third kappa shape index (κ3) is 6.81. The molecule has 10 heavy (non-hydrogen) atoms. The van der Waals surface area contributed by atoms with Crippen LogP contribution >= 0.6 is 23.5 Å². The zero-order valence-corrected chi connectivity index (χ0v) is 8.73. The minimum Gasteiger partial charge on any atom is -0.148 e. The van der Waals surface area contributed by atoms with Crippen LogP contribution in [0.15, 0.2) is 0 Å². The van der Waals surface area contributed by atoms with Crippen LogP contribution < -0.4 is 0 Å². The molecule has 0 aromatic rings. The Morgan fingerprint density at radius 1 is 1.40 bits per heavy atom. The van der Waals surface area contributed by atoms with Gasteiger partial charge in [0.15, 0.2) is 0 Å². The summed E-state index contributed by atoms with van der Waals surface area (Å²) >= 11 is 3.90. The third-order valence-electron chi connectivity index (χ3n) is 0.932. The molecule has 0 aliphatic heterocycles. The first-order valence-electron chi connectivity index (χ1n) is 3.77. The Morgan fingerprint density at radius 2 is 2.00 bits per heavy atom. The number of hydrogen-bond donors (Lipinski definition) is 0. The van der Waals surface area contributed by atoms with Gasteiger partial charge in [-0.25, -0.2) is 0 Å². The topological polar surface area (TPSA) is 0 Å². The van der Waals surface area contributed by atoms with E-state index in [1.54, 1.807) is 0 Å². The van der Waals surface area contributed by atoms with Crippen LogP contribution in [-0.4, -0.2) is 15.6 Å². The first-order valence-corrected chi connectivity index (χ1v) is 5.76. The van der Waals surface area contributed by atoms with Gasteiger partial charge in [-0.05, 0) is 19.1 Å². The molecule has 0 saturated heterocycles. The average Bonchev–Trinajstić information content (AvgIpc) is 1.82. The van der Waals surface area contributed by atoms with Gasteiger partial charge in [-0.1, -0.05) is 20.8 Å². The maximum absolute atomic E-state index is 4.04. The van der Waals surface area contributed by atoms with E-state index in [2.05, 4.69) is 27.7 Å². The summed E-state index contributed by atoms with van der Waals surface area (Å²) < 4.78 is 0.528. The number of hydrogen-bond acceptors (Lipinski definition) is 2. The lowest BCUT2D eigenvalue weighted by molar-refractivity contribution is 1.10. The summed E-state index contributed by atoms with van der Waals surface area (Å²) in [5.74, 6) is 1.24. The van der Waals surface area contributed by atoms with E-state index >= 15 is 0 Å². The molecule has 0 aliphatic rings. The van der Waals surface area contributed by atoms with Crippen molar-refractivity contribution in [2.24, 2.45) is 0 Å². The fraction of sp³-hybridized carbons (Fsp3) is 0.875. The van der Waals surface area contributed by atoms with E-state index in [1.165, 1.54) is 12.2 Å². The van der Waals surface area contributed by atoms with Crippen LogP contribution in [0.4, 0.5) is 0 Å². The highest BCUT2D eigenvalue weighted by Gasteiger charge is 2.03. The molecule has 0 aromatic heterocycles. The standard InChI is InChI=1S/C8H17S2/c1-5-6-9-8(4)10-7(2)3/h7-8H,4-6H2,1-3H3. The van der Waals surface area contributed by atoms with Crippen molar-refractivity contribution in [3.8, 4) is 0 Å². The fourth-order valence-electron chi connectivity index (χ4n) is 0.592. The largest absolute Gasteiger partial charge is 0.148 e. The Labute approximate surface area is 73.5 Å². The van der Waals surface area contributed by atoms with Gasteiger partial charge in [0.05, 0.1) is 4.58 Å². The molecule has 1 radical (unpaired) electrons. The van der Waals surface area contributed by atoms with Gasteiger partial charge in [0.2, 0.25) is 0 Å². The second-order valence-corrected chi connectivity index (χ2v) is 5.88. The molecule has 0 heterocycles. The van der Waals surface area contributed by atoms with Gasteiger partial charge in [0.25, 0.3) is 0 Å². The molecule has 0 aromatic carbocycles. The molecule has 0 amide bonds. The van der Waals surface area contributed by atoms with Crippen LogP contribution in [0.3, 0.4) is 0 Å². The zero-order chi connectivity index (χ0) is 7.98. The van der Waals surface area contributed by atoms with Crippen molar-refractivity contribution in [3.63, 3.8) is 0 Å². The first kappa shape index (κ1) is 10.7. The minimum atomic E-state index is 0.528. The smallest absolute Gasteiger partial charge is 0.0505 e. The van der Waals surface area contributed by atoms with E-state index in [9.17, 15) is 0 Å². The highest BCUT2D eigenvalue weighted by molar-refractivity contribution is 8.17. The summed E-state index contributed by atoms with van der Waals surface area (Å²) in [6.45, 7) is 10.7. The lowest BCUT2D eigenvalue weighted by atomic mass is 10.6. The lowest BCUT2D eigenvalue weighted by Crippen LogP contribution is -1.97. The Balaban J connectivity index is 3.16. The molecule has 1 unspecified atom stereocenters. The van der Waals surface area contributed by atoms with Gasteiger partial charge in [-0.2, -0.15) is 0 Å². The van der Waals surface area contributed by atoms with Crippen molar-refractivity contribution in [1.82, 2.24) is 0 Å². The van der Waals surface area contributed by atoms with Crippen molar-refractivity contribution in [2.75, 3.05) is 5.75 Å². The highest BCUT2D eigenvalue weighted by atomic mass is 32.2. The van der Waals surface area contributed by atoms with E-state index < -0.39 is 0 Å². The summed E-state index contributed by atoms with van der Waals surface area (Å²) in [4.78, 5) is 0. The lowest BCUT2D eigenvalue weighted by Gasteiger charge is -2.11. The van der Waals surface area contributed by atoms with Crippen LogP contribution in [0.2, 0.25) is 0 Å². The second kappa shape index (κ2) is 6.41. The summed E-state index contributed by atoms with van der Waals surface area (Å²) in [5, 5.41) is 0.715. The summed E-state index contributed by atoms with van der Waals surface area (Å²) in [5.41, 5.74) is 0. The third-order valence-corrected chi connectivity index (χ3v) is 3.54. The Morgan fingerprint density at radius 3 is 2.40 bits per heavy atom. The summed E-state index contributed by atoms with van der Waals surface area (Å²) in [6, 6.07) is 0. The van der Waals surface area contributed by atoms with Gasteiger partial charge in [-0.15, -0.1) is 23.5 Å². The molecule has 0 N–H and O–H groups in total. The van der Waals surface area contributed by atoms with Crippen LogP contribution in [-0.2, 0) is 0 Å². The van der Waals surface area contributed by atoms with E-state index in [-0.39, 0.29) is 0 Å². The van der Waals surface area contributed by atoms with Crippen LogP contribution in [0.5, 0.6) is 0 Å². The molecule has 0 saturated carbocycles. The van der Waals surface area contributed by atoms with E-state index in [0.717, 1.165) is 0 Å². The fourth-order valence-corrected chi connectivity index (χ4v) is 2.97. The van der Waals surface area contributed by atoms with E-state index in [4.69, 9.17) is 0 Å². The molecule has 0 aliphatic carbocycles. The second-order valence-electron chi connectivity index (χ2n) is 2.49. The monoisotopic (exact) mass is 177 g/mol. The number of thioether (sulfide) groups is 2. The van der Waals surface area contributed by atoms with Gasteiger partial charge >= 0.3 is 0 Å². The first-order chi connectivity index (χ1) is 4.66.